The zero-order valence-electron chi connectivity index (χ0n) is 15.2. The molecule has 1 aromatic carbocycles. The molecular weight excluding hydrogens is 336 g/mol. The number of hydrogen-bond donors (Lipinski definition) is 0. The van der Waals surface area contributed by atoms with E-state index in [0.29, 0.717) is 38.4 Å². The maximum absolute atomic E-state index is 11.9. The lowest BCUT2D eigenvalue weighted by molar-refractivity contribution is 0.0779. The monoisotopic (exact) mass is 360 g/mol. The minimum absolute atomic E-state index is 0.265. The molecule has 1 amide bonds. The number of carbonyl (C=O) groups excluding carboxylic acids is 1. The van der Waals surface area contributed by atoms with Crippen LogP contribution in [-0.4, -0.2) is 55.3 Å². The van der Waals surface area contributed by atoms with E-state index in [1.807, 2.05) is 13.0 Å². The zero-order valence-corrected chi connectivity index (χ0v) is 15.2. The molecule has 2 aromatic rings. The van der Waals surface area contributed by atoms with Crippen molar-refractivity contribution in [3.05, 3.63) is 40.2 Å². The summed E-state index contributed by atoms with van der Waals surface area (Å²) >= 11 is 0. The van der Waals surface area contributed by atoms with Crippen molar-refractivity contribution in [2.75, 3.05) is 39.4 Å². The summed E-state index contributed by atoms with van der Waals surface area (Å²) in [6.45, 7) is 7.99. The third-order valence-electron chi connectivity index (χ3n) is 4.40. The molecule has 0 spiro atoms. The molecule has 7 nitrogen and oxygen atoms in total. The summed E-state index contributed by atoms with van der Waals surface area (Å²) in [6.07, 6.45) is -0.265. The molecule has 140 valence electrons. The first-order valence-electron chi connectivity index (χ1n) is 8.94. The van der Waals surface area contributed by atoms with E-state index in [4.69, 9.17) is 13.9 Å². The molecule has 0 N–H and O–H groups in total. The van der Waals surface area contributed by atoms with Gasteiger partial charge in [-0.15, -0.1) is 0 Å². The van der Waals surface area contributed by atoms with Crippen LogP contribution < -0.4 is 10.4 Å². The van der Waals surface area contributed by atoms with Crippen molar-refractivity contribution in [3.63, 3.8) is 0 Å². The second-order valence-electron chi connectivity index (χ2n) is 6.14. The number of carbonyl (C=O) groups is 1. The largest absolute Gasteiger partial charge is 0.494 e. The Morgan fingerprint density at radius 1 is 1.12 bits per heavy atom. The number of nitrogens with zero attached hydrogens (tertiary/aromatic N) is 2. The Kier molecular flexibility index (Phi) is 5.78. The predicted octanol–water partition coefficient (Wildman–Crippen LogP) is 2.47. The first-order valence-corrected chi connectivity index (χ1v) is 8.94. The van der Waals surface area contributed by atoms with Crippen molar-refractivity contribution in [2.45, 2.75) is 20.4 Å². The number of benzene rings is 1. The van der Waals surface area contributed by atoms with Crippen molar-refractivity contribution in [1.82, 2.24) is 9.80 Å². The molecule has 1 aromatic heterocycles. The molecule has 0 radical (unpaired) electrons. The lowest BCUT2D eigenvalue weighted by atomic mass is 10.1. The molecule has 1 aliphatic heterocycles. The average Bonchev–Trinajstić information content (AvgIpc) is 2.63. The molecule has 3 rings (SSSR count). The van der Waals surface area contributed by atoms with Gasteiger partial charge in [0.2, 0.25) is 0 Å². The van der Waals surface area contributed by atoms with Gasteiger partial charge in [0.15, 0.2) is 0 Å². The zero-order chi connectivity index (χ0) is 18.5. The van der Waals surface area contributed by atoms with Crippen LogP contribution in [0.15, 0.2) is 33.5 Å². The summed E-state index contributed by atoms with van der Waals surface area (Å²) in [5.41, 5.74) is 1.10. The minimum atomic E-state index is -0.359. The van der Waals surface area contributed by atoms with E-state index in [1.165, 1.54) is 6.07 Å². The van der Waals surface area contributed by atoms with Crippen LogP contribution in [0.5, 0.6) is 5.75 Å². The topological polar surface area (TPSA) is 72.2 Å². The van der Waals surface area contributed by atoms with Gasteiger partial charge in [0.1, 0.15) is 11.3 Å². The van der Waals surface area contributed by atoms with Gasteiger partial charge in [-0.2, -0.15) is 0 Å². The van der Waals surface area contributed by atoms with Gasteiger partial charge >= 0.3 is 11.7 Å². The Morgan fingerprint density at radius 2 is 1.88 bits per heavy atom. The third kappa shape index (κ3) is 4.16. The molecule has 0 unspecified atom stereocenters. The summed E-state index contributed by atoms with van der Waals surface area (Å²) < 4.78 is 15.9. The first kappa shape index (κ1) is 18.3. The van der Waals surface area contributed by atoms with E-state index in [9.17, 15) is 9.59 Å². The van der Waals surface area contributed by atoms with Crippen LogP contribution in [0.25, 0.3) is 11.0 Å². The quantitative estimate of drug-likeness (QED) is 0.763. The highest BCUT2D eigenvalue weighted by molar-refractivity contribution is 5.81. The maximum atomic E-state index is 11.9. The van der Waals surface area contributed by atoms with Crippen LogP contribution in [0.1, 0.15) is 19.4 Å². The third-order valence-corrected chi connectivity index (χ3v) is 4.40. The number of piperazine rings is 1. The van der Waals surface area contributed by atoms with Gasteiger partial charge in [-0.3, -0.25) is 4.90 Å². The number of rotatable bonds is 5. The fraction of sp³-hybridized carbons (Fsp3) is 0.474. The smallest absolute Gasteiger partial charge is 0.409 e. The number of fused-ring (bicyclic) bond motifs is 1. The molecule has 7 heteroatoms. The van der Waals surface area contributed by atoms with Crippen molar-refractivity contribution >= 4 is 17.1 Å². The predicted molar refractivity (Wildman–Crippen MR) is 97.5 cm³/mol. The summed E-state index contributed by atoms with van der Waals surface area (Å²) in [5.74, 6) is 0.752. The molecule has 1 fully saturated rings. The Hall–Kier alpha value is -2.54. The SMILES string of the molecule is CCOC(=O)N1CCN(Cc2cc(=O)oc3ccc(OCC)cc23)CC1. The van der Waals surface area contributed by atoms with E-state index >= 15 is 0 Å². The van der Waals surface area contributed by atoms with Gasteiger partial charge in [-0.1, -0.05) is 0 Å². The lowest BCUT2D eigenvalue weighted by Gasteiger charge is -2.34. The van der Waals surface area contributed by atoms with Crippen molar-refractivity contribution in [2.24, 2.45) is 0 Å². The summed E-state index contributed by atoms with van der Waals surface area (Å²) in [5, 5.41) is 0.878. The van der Waals surface area contributed by atoms with Crippen LogP contribution in [0, 0.1) is 0 Å². The highest BCUT2D eigenvalue weighted by Gasteiger charge is 2.22. The van der Waals surface area contributed by atoms with Gasteiger partial charge in [0.25, 0.3) is 0 Å². The number of hydrogen-bond acceptors (Lipinski definition) is 6. The molecule has 26 heavy (non-hydrogen) atoms. The Bertz CT molecular complexity index is 824. The van der Waals surface area contributed by atoms with E-state index < -0.39 is 0 Å². The van der Waals surface area contributed by atoms with Gasteiger partial charge in [0.05, 0.1) is 13.2 Å². The van der Waals surface area contributed by atoms with Crippen LogP contribution in [-0.2, 0) is 11.3 Å². The summed E-state index contributed by atoms with van der Waals surface area (Å²) in [6, 6.07) is 7.02. The van der Waals surface area contributed by atoms with Crippen LogP contribution in [0.4, 0.5) is 4.79 Å². The molecular formula is C19H24N2O5. The molecule has 2 heterocycles. The lowest BCUT2D eigenvalue weighted by Crippen LogP contribution is -2.48. The standard InChI is InChI=1S/C19H24N2O5/c1-3-24-15-5-6-17-16(12-15)14(11-18(22)26-17)13-20-7-9-21(10-8-20)19(23)25-4-2/h5-6,11-12H,3-4,7-10,13H2,1-2H3. The van der Waals surface area contributed by atoms with E-state index in [2.05, 4.69) is 4.90 Å². The van der Waals surface area contributed by atoms with Crippen LogP contribution >= 0.6 is 0 Å². The van der Waals surface area contributed by atoms with Crippen LogP contribution in [0.3, 0.4) is 0 Å². The number of amides is 1. The van der Waals surface area contributed by atoms with Crippen molar-refractivity contribution < 1.29 is 18.7 Å². The molecule has 0 saturated carbocycles. The fourth-order valence-corrected chi connectivity index (χ4v) is 3.14. The minimum Gasteiger partial charge on any atom is -0.494 e. The summed E-state index contributed by atoms with van der Waals surface area (Å²) in [7, 11) is 0. The van der Waals surface area contributed by atoms with Gasteiger partial charge in [0, 0.05) is 44.2 Å². The second kappa shape index (κ2) is 8.23. The van der Waals surface area contributed by atoms with E-state index in [0.717, 1.165) is 29.8 Å². The molecule has 0 atom stereocenters. The maximum Gasteiger partial charge on any atom is 0.409 e. The summed E-state index contributed by atoms with van der Waals surface area (Å²) in [4.78, 5) is 27.6. The molecule has 1 aliphatic rings. The fourth-order valence-electron chi connectivity index (χ4n) is 3.14. The first-order chi connectivity index (χ1) is 12.6. The van der Waals surface area contributed by atoms with Crippen molar-refractivity contribution in [3.8, 4) is 5.75 Å². The highest BCUT2D eigenvalue weighted by Crippen LogP contribution is 2.24. The Morgan fingerprint density at radius 3 is 2.58 bits per heavy atom. The second-order valence-corrected chi connectivity index (χ2v) is 6.14. The molecule has 0 bridgehead atoms. The normalized spacial score (nSPS) is 15.2. The van der Waals surface area contributed by atoms with Crippen LogP contribution in [0.2, 0.25) is 0 Å². The van der Waals surface area contributed by atoms with E-state index in [1.54, 1.807) is 24.0 Å². The van der Waals surface area contributed by atoms with Crippen molar-refractivity contribution in [1.29, 1.82) is 0 Å². The Labute approximate surface area is 152 Å². The number of ether oxygens (including phenoxy) is 2. The molecule has 0 aliphatic carbocycles. The molecule has 1 saturated heterocycles. The average molecular weight is 360 g/mol. The highest BCUT2D eigenvalue weighted by atomic mass is 16.6. The van der Waals surface area contributed by atoms with Gasteiger partial charge in [-0.05, 0) is 37.6 Å². The van der Waals surface area contributed by atoms with Gasteiger partial charge in [-0.25, -0.2) is 9.59 Å². The van der Waals surface area contributed by atoms with Gasteiger partial charge < -0.3 is 18.8 Å². The van der Waals surface area contributed by atoms with E-state index in [-0.39, 0.29) is 11.7 Å². The Balaban J connectivity index is 1.75.